The molecule has 0 spiro atoms. The highest BCUT2D eigenvalue weighted by molar-refractivity contribution is 6.43. The lowest BCUT2D eigenvalue weighted by atomic mass is 10.1. The molecule has 1 aromatic rings. The Balaban J connectivity index is 2.42. The van der Waals surface area contributed by atoms with Crippen molar-refractivity contribution in [1.82, 2.24) is 4.90 Å². The van der Waals surface area contributed by atoms with Crippen molar-refractivity contribution < 1.29 is 19.1 Å². The number of nitrogens with zero attached hydrogens (tertiary/aromatic N) is 1. The van der Waals surface area contributed by atoms with E-state index in [1.165, 1.54) is 19.2 Å². The molecule has 1 heterocycles. The Morgan fingerprint density at radius 3 is 2.09 bits per heavy atom. The predicted octanol–water partition coefficient (Wildman–Crippen LogP) is 3.32. The van der Waals surface area contributed by atoms with E-state index in [9.17, 15) is 14.4 Å². The summed E-state index contributed by atoms with van der Waals surface area (Å²) in [6.07, 6.45) is 1.87. The van der Waals surface area contributed by atoms with Gasteiger partial charge in [0, 0.05) is 0 Å². The number of ether oxygens (including phenoxy) is 1. The van der Waals surface area contributed by atoms with Gasteiger partial charge in [0.05, 0.1) is 28.3 Å². The number of unbranched alkanes of at least 4 members (excludes halogenated alkanes) is 1. The van der Waals surface area contributed by atoms with Gasteiger partial charge in [-0.05, 0) is 18.6 Å². The summed E-state index contributed by atoms with van der Waals surface area (Å²) in [4.78, 5) is 37.9. The van der Waals surface area contributed by atoms with Crippen molar-refractivity contribution in [3.05, 3.63) is 33.3 Å². The molecule has 0 bridgehead atoms. The zero-order chi connectivity index (χ0) is 16.4. The van der Waals surface area contributed by atoms with E-state index < -0.39 is 23.8 Å². The maximum absolute atomic E-state index is 12.5. The number of carbonyl (C=O) groups is 3. The van der Waals surface area contributed by atoms with Crippen molar-refractivity contribution in [2.45, 2.75) is 32.2 Å². The van der Waals surface area contributed by atoms with Gasteiger partial charge in [0.2, 0.25) is 0 Å². The Morgan fingerprint density at radius 2 is 1.68 bits per heavy atom. The van der Waals surface area contributed by atoms with Gasteiger partial charge >= 0.3 is 5.97 Å². The minimum atomic E-state index is -0.935. The largest absolute Gasteiger partial charge is 0.467 e. The number of hydrogen-bond donors (Lipinski definition) is 0. The van der Waals surface area contributed by atoms with Gasteiger partial charge in [-0.25, -0.2) is 4.79 Å². The predicted molar refractivity (Wildman–Crippen MR) is 82.3 cm³/mol. The first-order valence-electron chi connectivity index (χ1n) is 6.87. The lowest BCUT2D eigenvalue weighted by molar-refractivity contribution is -0.145. The molecule has 7 heteroatoms. The summed E-state index contributed by atoms with van der Waals surface area (Å²) in [6, 6.07) is 1.77. The fourth-order valence-corrected chi connectivity index (χ4v) is 2.75. The van der Waals surface area contributed by atoms with Crippen LogP contribution >= 0.6 is 23.2 Å². The van der Waals surface area contributed by atoms with Crippen LogP contribution in [0.25, 0.3) is 0 Å². The zero-order valence-corrected chi connectivity index (χ0v) is 13.7. The molecule has 0 saturated carbocycles. The molecular weight excluding hydrogens is 329 g/mol. The van der Waals surface area contributed by atoms with Gasteiger partial charge in [-0.2, -0.15) is 0 Å². The Morgan fingerprint density at radius 1 is 1.18 bits per heavy atom. The third kappa shape index (κ3) is 2.83. The zero-order valence-electron chi connectivity index (χ0n) is 12.2. The monoisotopic (exact) mass is 343 g/mol. The van der Waals surface area contributed by atoms with Crippen LogP contribution in [0.4, 0.5) is 0 Å². The lowest BCUT2D eigenvalue weighted by Gasteiger charge is -2.23. The van der Waals surface area contributed by atoms with Crippen molar-refractivity contribution in [1.29, 1.82) is 0 Å². The quantitative estimate of drug-likeness (QED) is 0.607. The topological polar surface area (TPSA) is 63.7 Å². The second kappa shape index (κ2) is 6.67. The summed E-state index contributed by atoms with van der Waals surface area (Å²) in [7, 11) is 1.23. The number of halogens is 2. The molecule has 118 valence electrons. The number of benzene rings is 1. The minimum Gasteiger partial charge on any atom is -0.467 e. The molecule has 0 radical (unpaired) electrons. The molecule has 22 heavy (non-hydrogen) atoms. The maximum Gasteiger partial charge on any atom is 0.329 e. The van der Waals surface area contributed by atoms with Crippen LogP contribution < -0.4 is 0 Å². The maximum atomic E-state index is 12.5. The van der Waals surface area contributed by atoms with Crippen LogP contribution in [0.3, 0.4) is 0 Å². The summed E-state index contributed by atoms with van der Waals surface area (Å²) in [6.45, 7) is 1.95. The van der Waals surface area contributed by atoms with Crippen molar-refractivity contribution in [2.75, 3.05) is 7.11 Å². The van der Waals surface area contributed by atoms with Crippen LogP contribution in [-0.2, 0) is 9.53 Å². The Hall–Kier alpha value is -1.59. The van der Waals surface area contributed by atoms with Gasteiger partial charge in [0.1, 0.15) is 6.04 Å². The number of amides is 2. The highest BCUT2D eigenvalue weighted by Gasteiger charge is 2.43. The van der Waals surface area contributed by atoms with Gasteiger partial charge in [0.15, 0.2) is 0 Å². The number of imide groups is 1. The molecule has 1 aliphatic rings. The van der Waals surface area contributed by atoms with Crippen LogP contribution in [-0.4, -0.2) is 35.8 Å². The Labute approximate surface area is 138 Å². The molecule has 0 fully saturated rings. The molecule has 0 saturated heterocycles. The summed E-state index contributed by atoms with van der Waals surface area (Å²) in [5.41, 5.74) is 0.314. The normalized spacial score (nSPS) is 15.0. The Bertz CT molecular complexity index is 604. The fourth-order valence-electron chi connectivity index (χ4n) is 2.42. The molecule has 1 atom stereocenters. The average Bonchev–Trinajstić information content (AvgIpc) is 2.72. The molecule has 0 aromatic heterocycles. The van der Waals surface area contributed by atoms with Crippen LogP contribution in [0.1, 0.15) is 46.9 Å². The number of carbonyl (C=O) groups excluding carboxylic acids is 3. The third-order valence-electron chi connectivity index (χ3n) is 3.57. The Kier molecular flexibility index (Phi) is 5.08. The lowest BCUT2D eigenvalue weighted by Crippen LogP contribution is -2.45. The van der Waals surface area contributed by atoms with Gasteiger partial charge in [-0.15, -0.1) is 0 Å². The number of methoxy groups -OCH3 is 1. The number of hydrogen-bond acceptors (Lipinski definition) is 4. The van der Waals surface area contributed by atoms with E-state index in [2.05, 4.69) is 0 Å². The van der Waals surface area contributed by atoms with Crippen LogP contribution in [0, 0.1) is 0 Å². The van der Waals surface area contributed by atoms with Crippen LogP contribution in [0.15, 0.2) is 12.1 Å². The molecule has 2 rings (SSSR count). The van der Waals surface area contributed by atoms with Crippen LogP contribution in [0.2, 0.25) is 10.0 Å². The van der Waals surface area contributed by atoms with Crippen molar-refractivity contribution in [3.8, 4) is 0 Å². The summed E-state index contributed by atoms with van der Waals surface area (Å²) >= 11 is 11.8. The number of rotatable bonds is 5. The average molecular weight is 344 g/mol. The molecule has 1 aliphatic heterocycles. The highest BCUT2D eigenvalue weighted by atomic mass is 35.5. The second-order valence-corrected chi connectivity index (χ2v) is 5.79. The molecule has 2 amide bonds. The molecule has 0 unspecified atom stereocenters. The van der Waals surface area contributed by atoms with E-state index in [1.54, 1.807) is 0 Å². The first-order chi connectivity index (χ1) is 10.4. The molecule has 1 aromatic carbocycles. The van der Waals surface area contributed by atoms with Crippen molar-refractivity contribution >= 4 is 41.0 Å². The van der Waals surface area contributed by atoms with Crippen molar-refractivity contribution in [3.63, 3.8) is 0 Å². The fraction of sp³-hybridized carbons (Fsp3) is 0.400. The van der Waals surface area contributed by atoms with E-state index in [4.69, 9.17) is 27.9 Å². The summed E-state index contributed by atoms with van der Waals surface area (Å²) in [5.74, 6) is -1.71. The van der Waals surface area contributed by atoms with E-state index in [1.807, 2.05) is 6.92 Å². The first kappa shape index (κ1) is 16.8. The van der Waals surface area contributed by atoms with Gasteiger partial charge < -0.3 is 4.74 Å². The first-order valence-corrected chi connectivity index (χ1v) is 7.62. The minimum absolute atomic E-state index is 0.157. The molecule has 5 nitrogen and oxygen atoms in total. The van der Waals surface area contributed by atoms with E-state index in [0.717, 1.165) is 11.3 Å². The third-order valence-corrected chi connectivity index (χ3v) is 4.30. The van der Waals surface area contributed by atoms with Gasteiger partial charge in [-0.3, -0.25) is 14.5 Å². The van der Waals surface area contributed by atoms with Gasteiger partial charge in [0.25, 0.3) is 11.8 Å². The van der Waals surface area contributed by atoms with Gasteiger partial charge in [-0.1, -0.05) is 43.0 Å². The van der Waals surface area contributed by atoms with Crippen LogP contribution in [0.5, 0.6) is 0 Å². The summed E-state index contributed by atoms with van der Waals surface area (Å²) in [5, 5.41) is 0.373. The van der Waals surface area contributed by atoms with Crippen molar-refractivity contribution in [2.24, 2.45) is 0 Å². The molecule has 0 aliphatic carbocycles. The highest BCUT2D eigenvalue weighted by Crippen LogP contribution is 2.33. The summed E-state index contributed by atoms with van der Waals surface area (Å²) < 4.78 is 4.73. The van der Waals surface area contributed by atoms with E-state index >= 15 is 0 Å². The second-order valence-electron chi connectivity index (χ2n) is 4.97. The number of esters is 1. The SMILES string of the molecule is CCCC[C@H](C(=O)OC)N1C(=O)c2cc(Cl)c(Cl)cc2C1=O. The molecule has 0 N–H and O–H groups in total. The smallest absolute Gasteiger partial charge is 0.329 e. The van der Waals surface area contributed by atoms with E-state index in [-0.39, 0.29) is 21.2 Å². The molecular formula is C15H15Cl2NO4. The number of fused-ring (bicyclic) bond motifs is 1. The standard InChI is InChI=1S/C15H15Cl2NO4/c1-3-4-5-12(15(21)22-2)18-13(19)8-6-10(16)11(17)7-9(8)14(18)20/h6-7,12H,3-5H2,1-2H3/t12-/m1/s1. The van der Waals surface area contributed by atoms with E-state index in [0.29, 0.717) is 12.8 Å².